The molecular weight excluding hydrogens is 963 g/mol. The van der Waals surface area contributed by atoms with Gasteiger partial charge in [-0.05, 0) is 70.2 Å². The Kier molecular flexibility index (Phi) is 17.1. The smallest absolute Gasteiger partial charge is 0.404 e. The molecule has 3 aromatic rings. The molecule has 3 aliphatic rings. The van der Waals surface area contributed by atoms with Crippen LogP contribution in [0.25, 0.3) is 11.2 Å². The Bertz CT molecular complexity index is 2830. The third-order valence-electron chi connectivity index (χ3n) is 12.6. The second kappa shape index (κ2) is 23.1. The van der Waals surface area contributed by atoms with Crippen molar-refractivity contribution in [2.45, 2.75) is 95.2 Å². The molecule has 390 valence electrons. The van der Waals surface area contributed by atoms with Crippen molar-refractivity contribution in [2.24, 2.45) is 11.7 Å². The summed E-state index contributed by atoms with van der Waals surface area (Å²) < 4.78 is 11.0. The number of nitrogen functional groups attached to an aromatic ring is 1. The Hall–Kier alpha value is -8.53. The summed E-state index contributed by atoms with van der Waals surface area (Å²) in [5, 5.41) is 45.5. The number of allylic oxidation sites excluding steroid dienone is 2. The number of carboxylic acid groups (broad SMARTS) is 3. The minimum atomic E-state index is -1.61. The molecule has 73 heavy (non-hydrogen) atoms. The zero-order valence-electron chi connectivity index (χ0n) is 39.7. The molecule has 14 N–H and O–H groups in total. The average molecular weight is 1020 g/mol. The van der Waals surface area contributed by atoms with Gasteiger partial charge >= 0.3 is 24.0 Å². The van der Waals surface area contributed by atoms with E-state index in [4.69, 9.17) is 20.9 Å². The van der Waals surface area contributed by atoms with E-state index in [9.17, 15) is 63.3 Å². The number of nitrogens with one attached hydrogen (secondary N) is 7. The van der Waals surface area contributed by atoms with E-state index in [1.807, 2.05) is 6.92 Å². The van der Waals surface area contributed by atoms with Gasteiger partial charge in [-0.1, -0.05) is 0 Å². The molecule has 28 heteroatoms. The fourth-order valence-electron chi connectivity index (χ4n) is 8.88. The zero-order chi connectivity index (χ0) is 53.3. The number of primary amides is 1. The van der Waals surface area contributed by atoms with Gasteiger partial charge in [-0.3, -0.25) is 39.1 Å². The summed E-state index contributed by atoms with van der Waals surface area (Å²) in [7, 11) is 1.43. The number of carbonyl (C=O) groups excluding carboxylic acids is 6. The Labute approximate surface area is 414 Å². The number of methoxy groups -OCH3 is 1. The fraction of sp³-hybridized carbons (Fsp3) is 0.444. The van der Waals surface area contributed by atoms with Gasteiger partial charge in [0.25, 0.3) is 11.5 Å². The van der Waals surface area contributed by atoms with Crippen LogP contribution in [0, 0.1) is 5.92 Å². The predicted octanol–water partition coefficient (Wildman–Crippen LogP) is -1.45. The van der Waals surface area contributed by atoms with Gasteiger partial charge in [0, 0.05) is 48.9 Å². The van der Waals surface area contributed by atoms with Gasteiger partial charge in [0.2, 0.25) is 29.3 Å². The molecule has 1 aromatic carbocycles. The number of aromatic amines is 1. The van der Waals surface area contributed by atoms with E-state index < -0.39 is 120 Å². The highest BCUT2D eigenvalue weighted by atomic mass is 16.6. The van der Waals surface area contributed by atoms with Crippen molar-refractivity contribution in [3.63, 3.8) is 0 Å². The molecule has 3 unspecified atom stereocenters. The van der Waals surface area contributed by atoms with Gasteiger partial charge < -0.3 is 67.7 Å². The molecule has 1 saturated heterocycles. The number of hydrogen-bond acceptors (Lipinski definition) is 20. The minimum Gasteiger partial charge on any atom is -0.480 e. The van der Waals surface area contributed by atoms with E-state index >= 15 is 0 Å². The topological polar surface area (TPSA) is 432 Å². The molecule has 0 bridgehead atoms. The molecule has 2 aromatic heterocycles. The minimum absolute atomic E-state index is 0.00594. The van der Waals surface area contributed by atoms with Gasteiger partial charge in [-0.25, -0.2) is 29.1 Å². The lowest BCUT2D eigenvalue weighted by molar-refractivity contribution is -0.143. The molecule has 4 heterocycles. The molecule has 28 nitrogen and oxygen atoms in total. The van der Waals surface area contributed by atoms with Gasteiger partial charge in [-0.15, -0.1) is 0 Å². The van der Waals surface area contributed by atoms with Gasteiger partial charge in [0.05, 0.1) is 48.5 Å². The number of ketones is 2. The number of benzene rings is 1. The molecule has 1 aliphatic carbocycles. The van der Waals surface area contributed by atoms with Crippen LogP contribution in [-0.2, 0) is 49.6 Å². The first kappa shape index (κ1) is 53.8. The first-order valence-electron chi connectivity index (χ1n) is 22.9. The maximum absolute atomic E-state index is 14.0. The predicted molar refractivity (Wildman–Crippen MR) is 252 cm³/mol. The van der Waals surface area contributed by atoms with Gasteiger partial charge in [0.15, 0.2) is 16.9 Å². The number of carboxylic acids is 3. The summed E-state index contributed by atoms with van der Waals surface area (Å²) in [6.45, 7) is 3.40. The maximum atomic E-state index is 14.0. The molecule has 6 atom stereocenters. The number of anilines is 2. The van der Waals surface area contributed by atoms with Crippen molar-refractivity contribution in [1.29, 1.82) is 0 Å². The summed E-state index contributed by atoms with van der Waals surface area (Å²) in [6.07, 6.45) is -1.18. The standard InChI is InChI=1S/C45H55N13O15/c1-20-32(36(62)31-25(18-73-44(47)71)45(72-3)21(2)51-19-58(45)34(31)35(20)61)48-15-5-4-6-26(40(65)66)53-29(59)13-11-27(41(67)68)54-30(60)14-12-28(42(69)70)55-38(63)22-7-9-23(10-8-22)49-16-24-17-50-37-33(52-24)39(64)57-43(46)56-37/h7-10,17,21,25-28,48-49,51H,4-6,11-16,18-19H2,1-3H3,(H2,47,71)(H,53,59)(H,54,60)(H,55,63)(H,65,66)(H,67,68)(H,69,70)(H3,46,50,56,57,64)/t21-,25+,26?,27?,28?,45-/m0/s1. The lowest BCUT2D eigenvalue weighted by Gasteiger charge is -2.39. The number of nitrogens with zero attached hydrogens (tertiary/aromatic N) is 4. The lowest BCUT2D eigenvalue weighted by atomic mass is 9.81. The number of rotatable bonds is 25. The average Bonchev–Trinajstić information content (AvgIpc) is 3.83. The molecule has 0 saturated carbocycles. The molecule has 0 radical (unpaired) electrons. The lowest BCUT2D eigenvalue weighted by Crippen LogP contribution is -2.55. The van der Waals surface area contributed by atoms with E-state index in [1.54, 1.807) is 4.90 Å². The van der Waals surface area contributed by atoms with E-state index in [2.05, 4.69) is 51.8 Å². The zero-order valence-corrected chi connectivity index (χ0v) is 39.7. The second-order valence-corrected chi connectivity index (χ2v) is 17.3. The van der Waals surface area contributed by atoms with Crippen molar-refractivity contribution in [1.82, 2.24) is 51.4 Å². The fourth-order valence-corrected chi connectivity index (χ4v) is 8.88. The number of H-pyrrole nitrogens is 1. The summed E-state index contributed by atoms with van der Waals surface area (Å²) in [6, 6.07) is 0.938. The molecule has 2 aliphatic heterocycles. The van der Waals surface area contributed by atoms with Crippen LogP contribution in [0.5, 0.6) is 0 Å². The third-order valence-corrected chi connectivity index (χ3v) is 12.6. The Morgan fingerprint density at radius 1 is 0.863 bits per heavy atom. The number of Topliss-reactive ketones (excluding diaryl/α,β-unsaturated/α-hetero) is 2. The molecule has 1 fully saturated rings. The van der Waals surface area contributed by atoms with E-state index in [-0.39, 0.29) is 90.8 Å². The molecule has 4 amide bonds. The van der Waals surface area contributed by atoms with Gasteiger partial charge in [0.1, 0.15) is 24.7 Å². The molecular formula is C45H55N13O15. The van der Waals surface area contributed by atoms with Crippen molar-refractivity contribution in [2.75, 3.05) is 38.0 Å². The Morgan fingerprint density at radius 2 is 1.48 bits per heavy atom. The van der Waals surface area contributed by atoms with Crippen LogP contribution >= 0.6 is 0 Å². The largest absolute Gasteiger partial charge is 0.480 e. The Morgan fingerprint density at radius 3 is 2.08 bits per heavy atom. The highest BCUT2D eigenvalue weighted by Gasteiger charge is 2.64. The van der Waals surface area contributed by atoms with Crippen LogP contribution in [0.2, 0.25) is 0 Å². The van der Waals surface area contributed by atoms with Crippen LogP contribution < -0.4 is 48.9 Å². The summed E-state index contributed by atoms with van der Waals surface area (Å²) >= 11 is 0. The van der Waals surface area contributed by atoms with Crippen LogP contribution in [0.15, 0.2) is 57.8 Å². The third kappa shape index (κ3) is 12.2. The molecule has 0 spiro atoms. The SMILES string of the molecule is CO[C@]12[C@H](C)NCN1C1=C(C(=O)C(NCCCCC(NC(=O)CCC(NC(=O)CCC(NC(=O)c3ccc(NCc4cnc5nc(N)[nH]c(=O)c5n4)cc3)C(=O)O)C(=O)O)C(=O)O)=C(C)C1=O)[C@H]2COC(N)=O. The van der Waals surface area contributed by atoms with E-state index in [0.29, 0.717) is 11.4 Å². The number of hydrogen-bond donors (Lipinski definition) is 12. The number of ether oxygens (including phenoxy) is 2. The second-order valence-electron chi connectivity index (χ2n) is 17.3. The number of fused-ring (bicyclic) bond motifs is 3. The van der Waals surface area contributed by atoms with Crippen LogP contribution in [0.3, 0.4) is 0 Å². The van der Waals surface area contributed by atoms with Crippen LogP contribution in [0.1, 0.15) is 74.8 Å². The first-order valence-corrected chi connectivity index (χ1v) is 22.9. The van der Waals surface area contributed by atoms with Crippen molar-refractivity contribution in [3.8, 4) is 0 Å². The van der Waals surface area contributed by atoms with Crippen molar-refractivity contribution in [3.05, 3.63) is 74.6 Å². The van der Waals surface area contributed by atoms with E-state index in [0.717, 1.165) is 0 Å². The van der Waals surface area contributed by atoms with Crippen molar-refractivity contribution >= 4 is 76.1 Å². The summed E-state index contributed by atoms with van der Waals surface area (Å²) in [5.41, 5.74) is 10.5. The molecule has 6 rings (SSSR count). The van der Waals surface area contributed by atoms with Crippen LogP contribution in [-0.4, -0.2) is 150 Å². The van der Waals surface area contributed by atoms with Crippen LogP contribution in [0.4, 0.5) is 16.4 Å². The number of nitrogens with two attached hydrogens (primary N) is 2. The summed E-state index contributed by atoms with van der Waals surface area (Å²) in [5.74, 6) is -8.78. The van der Waals surface area contributed by atoms with Gasteiger partial charge in [-0.2, -0.15) is 4.98 Å². The van der Waals surface area contributed by atoms with E-state index in [1.165, 1.54) is 44.5 Å². The number of amides is 4. The normalized spacial score (nSPS) is 19.4. The first-order chi connectivity index (χ1) is 34.7. The highest BCUT2D eigenvalue weighted by Crippen LogP contribution is 2.50. The maximum Gasteiger partial charge on any atom is 0.404 e. The van der Waals surface area contributed by atoms with Crippen molar-refractivity contribution < 1.29 is 67.9 Å². The Balaban J connectivity index is 0.924. The monoisotopic (exact) mass is 1020 g/mol. The highest BCUT2D eigenvalue weighted by molar-refractivity contribution is 6.25. The summed E-state index contributed by atoms with van der Waals surface area (Å²) in [4.78, 5) is 142. The number of aromatic nitrogens is 4. The number of aliphatic carboxylic acids is 3. The number of carbonyl (C=O) groups is 9. The number of unbranched alkanes of at least 4 members (excludes halogenated alkanes) is 1. The quantitative estimate of drug-likeness (QED) is 0.0341.